The first-order valence-electron chi connectivity index (χ1n) is 7.92. The van der Waals surface area contributed by atoms with Crippen molar-refractivity contribution < 1.29 is 22.4 Å². The second kappa shape index (κ2) is 7.22. The van der Waals surface area contributed by atoms with Crippen molar-refractivity contribution in [3.63, 3.8) is 0 Å². The SMILES string of the molecule is COc1ccccc1-c1nnc(CCC(=O)NC2CCS(=O)(=O)C2)o1. The van der Waals surface area contributed by atoms with Crippen LogP contribution in [-0.2, 0) is 21.1 Å². The van der Waals surface area contributed by atoms with E-state index in [0.29, 0.717) is 29.5 Å². The lowest BCUT2D eigenvalue weighted by atomic mass is 10.2. The standard InChI is InChI=1S/C16H19N3O5S/c1-23-13-5-3-2-4-12(13)16-19-18-15(24-16)7-6-14(20)17-11-8-9-25(21,22)10-11/h2-5,11H,6-10H2,1H3,(H,17,20). The van der Waals surface area contributed by atoms with E-state index in [1.165, 1.54) is 0 Å². The maximum absolute atomic E-state index is 11.9. The van der Waals surface area contributed by atoms with Gasteiger partial charge in [-0.05, 0) is 18.6 Å². The maximum atomic E-state index is 11.9. The number of nitrogens with zero attached hydrogens (tertiary/aromatic N) is 2. The zero-order valence-corrected chi connectivity index (χ0v) is 14.6. The Balaban J connectivity index is 1.56. The summed E-state index contributed by atoms with van der Waals surface area (Å²) < 4.78 is 33.6. The summed E-state index contributed by atoms with van der Waals surface area (Å²) in [5, 5.41) is 10.7. The Morgan fingerprint density at radius 2 is 2.16 bits per heavy atom. The van der Waals surface area contributed by atoms with Gasteiger partial charge in [0, 0.05) is 18.9 Å². The highest BCUT2D eigenvalue weighted by molar-refractivity contribution is 7.91. The molecule has 9 heteroatoms. The summed E-state index contributed by atoms with van der Waals surface area (Å²) in [6.07, 6.45) is 0.907. The normalized spacial score (nSPS) is 18.8. The van der Waals surface area contributed by atoms with E-state index in [4.69, 9.17) is 9.15 Å². The number of amides is 1. The number of carbonyl (C=O) groups excluding carboxylic acids is 1. The first-order chi connectivity index (χ1) is 12.0. The molecule has 1 aliphatic heterocycles. The number of hydrogen-bond donors (Lipinski definition) is 1. The number of benzene rings is 1. The molecule has 25 heavy (non-hydrogen) atoms. The van der Waals surface area contributed by atoms with Crippen molar-refractivity contribution in [1.29, 1.82) is 0 Å². The third-order valence-electron chi connectivity index (χ3n) is 3.97. The van der Waals surface area contributed by atoms with Crippen molar-refractivity contribution in [2.75, 3.05) is 18.6 Å². The predicted molar refractivity (Wildman–Crippen MR) is 89.8 cm³/mol. The minimum absolute atomic E-state index is 0.0112. The van der Waals surface area contributed by atoms with Crippen LogP contribution in [0.25, 0.3) is 11.5 Å². The molecule has 1 fully saturated rings. The lowest BCUT2D eigenvalue weighted by Crippen LogP contribution is -2.35. The summed E-state index contributed by atoms with van der Waals surface area (Å²) in [6.45, 7) is 0. The molecule has 1 aromatic carbocycles. The number of aromatic nitrogens is 2. The van der Waals surface area contributed by atoms with Gasteiger partial charge in [0.1, 0.15) is 5.75 Å². The number of nitrogens with one attached hydrogen (secondary N) is 1. The number of rotatable bonds is 6. The molecule has 2 aromatic rings. The van der Waals surface area contributed by atoms with Crippen LogP contribution in [0.5, 0.6) is 5.75 Å². The number of sulfone groups is 1. The Hall–Kier alpha value is -2.42. The van der Waals surface area contributed by atoms with Crippen LogP contribution in [0.1, 0.15) is 18.7 Å². The highest BCUT2D eigenvalue weighted by Crippen LogP contribution is 2.28. The molecule has 3 rings (SSSR count). The van der Waals surface area contributed by atoms with E-state index in [-0.39, 0.29) is 36.3 Å². The molecule has 1 saturated heterocycles. The molecule has 0 bridgehead atoms. The second-order valence-corrected chi connectivity index (χ2v) is 8.10. The zero-order chi connectivity index (χ0) is 17.9. The van der Waals surface area contributed by atoms with Gasteiger partial charge in [0.15, 0.2) is 9.84 Å². The van der Waals surface area contributed by atoms with E-state index in [1.807, 2.05) is 18.2 Å². The van der Waals surface area contributed by atoms with Crippen LogP contribution >= 0.6 is 0 Å². The third kappa shape index (κ3) is 4.36. The van der Waals surface area contributed by atoms with E-state index < -0.39 is 9.84 Å². The van der Waals surface area contributed by atoms with Crippen LogP contribution in [0.4, 0.5) is 0 Å². The quantitative estimate of drug-likeness (QED) is 0.812. The van der Waals surface area contributed by atoms with Gasteiger partial charge in [-0.15, -0.1) is 10.2 Å². The Morgan fingerprint density at radius 3 is 2.88 bits per heavy atom. The molecule has 1 amide bonds. The largest absolute Gasteiger partial charge is 0.496 e. The average Bonchev–Trinajstić information content (AvgIpc) is 3.19. The van der Waals surface area contributed by atoms with E-state index in [9.17, 15) is 13.2 Å². The fourth-order valence-electron chi connectivity index (χ4n) is 2.71. The van der Waals surface area contributed by atoms with Crippen LogP contribution in [0.15, 0.2) is 28.7 Å². The molecule has 0 saturated carbocycles. The summed E-state index contributed by atoms with van der Waals surface area (Å²) in [6, 6.07) is 6.98. The van der Waals surface area contributed by atoms with Crippen molar-refractivity contribution in [2.24, 2.45) is 0 Å². The van der Waals surface area contributed by atoms with Gasteiger partial charge in [0.05, 0.1) is 24.2 Å². The Labute approximate surface area is 145 Å². The summed E-state index contributed by atoms with van der Waals surface area (Å²) in [5.41, 5.74) is 0.685. The summed E-state index contributed by atoms with van der Waals surface area (Å²) in [5.74, 6) is 1.21. The molecule has 134 valence electrons. The Bertz CT molecular complexity index is 862. The van der Waals surface area contributed by atoms with Gasteiger partial charge < -0.3 is 14.5 Å². The van der Waals surface area contributed by atoms with Crippen molar-refractivity contribution in [1.82, 2.24) is 15.5 Å². The molecular formula is C16H19N3O5S. The molecule has 1 N–H and O–H groups in total. The van der Waals surface area contributed by atoms with Gasteiger partial charge in [-0.2, -0.15) is 0 Å². The van der Waals surface area contributed by atoms with Crippen molar-refractivity contribution in [2.45, 2.75) is 25.3 Å². The van der Waals surface area contributed by atoms with Crippen LogP contribution in [0.2, 0.25) is 0 Å². The molecule has 0 aliphatic carbocycles. The van der Waals surface area contributed by atoms with Gasteiger partial charge in [-0.1, -0.05) is 12.1 Å². The zero-order valence-electron chi connectivity index (χ0n) is 13.8. The van der Waals surface area contributed by atoms with E-state index >= 15 is 0 Å². The minimum Gasteiger partial charge on any atom is -0.496 e. The van der Waals surface area contributed by atoms with Gasteiger partial charge >= 0.3 is 0 Å². The van der Waals surface area contributed by atoms with Crippen molar-refractivity contribution in [3.8, 4) is 17.2 Å². The highest BCUT2D eigenvalue weighted by Gasteiger charge is 2.28. The molecule has 0 spiro atoms. The number of aryl methyl sites for hydroxylation is 1. The summed E-state index contributed by atoms with van der Waals surface area (Å²) >= 11 is 0. The fraction of sp³-hybridized carbons (Fsp3) is 0.438. The highest BCUT2D eigenvalue weighted by atomic mass is 32.2. The number of methoxy groups -OCH3 is 1. The molecule has 1 aliphatic rings. The molecule has 0 radical (unpaired) electrons. The monoisotopic (exact) mass is 365 g/mol. The smallest absolute Gasteiger partial charge is 0.251 e. The Kier molecular flexibility index (Phi) is 5.03. The fourth-order valence-corrected chi connectivity index (χ4v) is 4.39. The van der Waals surface area contributed by atoms with Gasteiger partial charge in [0.2, 0.25) is 11.8 Å². The average molecular weight is 365 g/mol. The van der Waals surface area contributed by atoms with Gasteiger partial charge in [0.25, 0.3) is 5.89 Å². The Morgan fingerprint density at radius 1 is 1.36 bits per heavy atom. The molecule has 1 unspecified atom stereocenters. The molecule has 2 heterocycles. The predicted octanol–water partition coefficient (Wildman–Crippen LogP) is 0.981. The molecule has 1 aromatic heterocycles. The summed E-state index contributed by atoms with van der Waals surface area (Å²) in [7, 11) is -1.45. The second-order valence-electron chi connectivity index (χ2n) is 5.87. The molecule has 8 nitrogen and oxygen atoms in total. The molecule has 1 atom stereocenters. The summed E-state index contributed by atoms with van der Waals surface area (Å²) in [4.78, 5) is 11.9. The molecular weight excluding hydrogens is 346 g/mol. The number of para-hydroxylation sites is 1. The van der Waals surface area contributed by atoms with Crippen LogP contribution in [0.3, 0.4) is 0 Å². The number of carbonyl (C=O) groups is 1. The van der Waals surface area contributed by atoms with Crippen LogP contribution in [0, 0.1) is 0 Å². The third-order valence-corrected chi connectivity index (χ3v) is 5.74. The van der Waals surface area contributed by atoms with Crippen molar-refractivity contribution in [3.05, 3.63) is 30.2 Å². The van der Waals surface area contributed by atoms with Gasteiger partial charge in [-0.25, -0.2) is 8.42 Å². The number of hydrogen-bond acceptors (Lipinski definition) is 7. The van der Waals surface area contributed by atoms with E-state index in [2.05, 4.69) is 15.5 Å². The first-order valence-corrected chi connectivity index (χ1v) is 9.74. The van der Waals surface area contributed by atoms with Crippen molar-refractivity contribution >= 4 is 15.7 Å². The lowest BCUT2D eigenvalue weighted by Gasteiger charge is -2.09. The van der Waals surface area contributed by atoms with Crippen LogP contribution in [-0.4, -0.2) is 49.2 Å². The first kappa shape index (κ1) is 17.4. The van der Waals surface area contributed by atoms with E-state index in [0.717, 1.165) is 0 Å². The van der Waals surface area contributed by atoms with Crippen LogP contribution < -0.4 is 10.1 Å². The topological polar surface area (TPSA) is 111 Å². The lowest BCUT2D eigenvalue weighted by molar-refractivity contribution is -0.121. The number of ether oxygens (including phenoxy) is 1. The maximum Gasteiger partial charge on any atom is 0.251 e. The van der Waals surface area contributed by atoms with Gasteiger partial charge in [-0.3, -0.25) is 4.79 Å². The van der Waals surface area contributed by atoms with E-state index in [1.54, 1.807) is 13.2 Å². The minimum atomic E-state index is -3.01.